The molecule has 2 aromatic heterocycles. The van der Waals surface area contributed by atoms with E-state index in [0.29, 0.717) is 5.69 Å². The molecule has 2 heterocycles. The minimum absolute atomic E-state index is 0.0573. The van der Waals surface area contributed by atoms with E-state index >= 15 is 0 Å². The van der Waals surface area contributed by atoms with E-state index in [-0.39, 0.29) is 33.5 Å². The van der Waals surface area contributed by atoms with Gasteiger partial charge in [0.05, 0.1) is 32.5 Å². The van der Waals surface area contributed by atoms with Gasteiger partial charge in [-0.3, -0.25) is 14.5 Å². The summed E-state index contributed by atoms with van der Waals surface area (Å²) in [5.74, 6) is -1.05. The molecule has 0 saturated carbocycles. The largest absolute Gasteiger partial charge is 0.456 e. The predicted molar refractivity (Wildman–Crippen MR) is 102 cm³/mol. The van der Waals surface area contributed by atoms with Crippen LogP contribution in [0.2, 0.25) is 5.02 Å². The fraction of sp³-hybridized carbons (Fsp3) is 0.263. The first kappa shape index (κ1) is 21.6. The van der Waals surface area contributed by atoms with Gasteiger partial charge in [-0.1, -0.05) is 31.5 Å². The summed E-state index contributed by atoms with van der Waals surface area (Å²) in [5, 5.41) is 10.7. The number of imidazole rings is 1. The number of hydrogen-bond donors (Lipinski definition) is 0. The van der Waals surface area contributed by atoms with Crippen LogP contribution in [0.5, 0.6) is 0 Å². The molecule has 11 heteroatoms. The second kappa shape index (κ2) is 7.94. The molecule has 0 aliphatic rings. The van der Waals surface area contributed by atoms with Crippen molar-refractivity contribution in [2.75, 3.05) is 0 Å². The summed E-state index contributed by atoms with van der Waals surface area (Å²) in [7, 11) is 0. The molecule has 0 saturated heterocycles. The first-order valence-corrected chi connectivity index (χ1v) is 9.06. The zero-order valence-corrected chi connectivity index (χ0v) is 16.5. The third-order valence-corrected chi connectivity index (χ3v) is 4.59. The van der Waals surface area contributed by atoms with Gasteiger partial charge in [0.25, 0.3) is 5.69 Å². The molecule has 0 unspecified atom stereocenters. The maximum Gasteiger partial charge on any atom is 0.417 e. The smallest absolute Gasteiger partial charge is 0.417 e. The van der Waals surface area contributed by atoms with E-state index in [2.05, 4.69) is 4.98 Å². The van der Waals surface area contributed by atoms with Crippen molar-refractivity contribution in [3.63, 3.8) is 0 Å². The number of fused-ring (bicyclic) bond motifs is 1. The fourth-order valence-electron chi connectivity index (χ4n) is 2.89. The van der Waals surface area contributed by atoms with E-state index in [0.717, 1.165) is 22.7 Å². The Kier molecular flexibility index (Phi) is 5.71. The van der Waals surface area contributed by atoms with Gasteiger partial charge >= 0.3 is 12.1 Å². The Morgan fingerprint density at radius 2 is 2.03 bits per heavy atom. The second-order valence-corrected chi connectivity index (χ2v) is 7.16. The van der Waals surface area contributed by atoms with Gasteiger partial charge < -0.3 is 4.74 Å². The third kappa shape index (κ3) is 4.23. The van der Waals surface area contributed by atoms with Crippen molar-refractivity contribution < 1.29 is 27.6 Å². The van der Waals surface area contributed by atoms with Crippen molar-refractivity contribution >= 4 is 28.9 Å². The van der Waals surface area contributed by atoms with Crippen LogP contribution in [0.4, 0.5) is 18.9 Å². The van der Waals surface area contributed by atoms with E-state index in [1.54, 1.807) is 13.8 Å². The van der Waals surface area contributed by atoms with Gasteiger partial charge in [0, 0.05) is 18.3 Å². The van der Waals surface area contributed by atoms with Crippen molar-refractivity contribution in [2.24, 2.45) is 0 Å². The number of aromatic nitrogens is 2. The molecule has 3 rings (SSSR count). The monoisotopic (exact) mass is 441 g/mol. The number of nitro benzene ring substituents is 1. The maximum absolute atomic E-state index is 13.2. The number of benzene rings is 1. The Bertz CT molecular complexity index is 1140. The van der Waals surface area contributed by atoms with Crippen LogP contribution in [0.15, 0.2) is 36.5 Å². The number of nitrogens with zero attached hydrogens (tertiary/aromatic N) is 3. The molecule has 158 valence electrons. The number of non-ortho nitro benzene ring substituents is 1. The molecule has 0 N–H and O–H groups in total. The van der Waals surface area contributed by atoms with Gasteiger partial charge in [-0.25, -0.2) is 9.78 Å². The number of hydrogen-bond acceptors (Lipinski definition) is 5. The van der Waals surface area contributed by atoms with Gasteiger partial charge in [0.15, 0.2) is 5.65 Å². The Labute approximate surface area is 173 Å². The molecule has 0 atom stereocenters. The number of pyridine rings is 1. The van der Waals surface area contributed by atoms with Crippen LogP contribution in [0, 0.1) is 10.1 Å². The summed E-state index contributed by atoms with van der Waals surface area (Å²) in [5.41, 5.74) is -0.564. The highest BCUT2D eigenvalue weighted by atomic mass is 35.5. The minimum atomic E-state index is -4.63. The van der Waals surface area contributed by atoms with E-state index in [9.17, 15) is 28.1 Å². The van der Waals surface area contributed by atoms with Crippen molar-refractivity contribution in [1.82, 2.24) is 9.38 Å². The SMILES string of the molecule is CC(C)c1nc2c(Cl)cc(C(F)(F)F)cn2c1COC(=O)c1cccc([N+](=O)[O-])c1. The Hall–Kier alpha value is -3.14. The van der Waals surface area contributed by atoms with Crippen LogP contribution in [0.1, 0.15) is 47.1 Å². The predicted octanol–water partition coefficient (Wildman–Crippen LogP) is 5.40. The Morgan fingerprint density at radius 3 is 2.63 bits per heavy atom. The summed E-state index contributed by atoms with van der Waals surface area (Å²) < 4.78 is 46.0. The molecule has 30 heavy (non-hydrogen) atoms. The summed E-state index contributed by atoms with van der Waals surface area (Å²) in [4.78, 5) is 26.9. The molecule has 0 bridgehead atoms. The molecule has 7 nitrogen and oxygen atoms in total. The van der Waals surface area contributed by atoms with Crippen LogP contribution in [-0.2, 0) is 17.5 Å². The maximum atomic E-state index is 13.2. The van der Waals surface area contributed by atoms with Gasteiger partial charge in [0.2, 0.25) is 0 Å². The molecule has 3 aromatic rings. The van der Waals surface area contributed by atoms with Crippen molar-refractivity contribution in [2.45, 2.75) is 32.5 Å². The molecule has 0 radical (unpaired) electrons. The molecule has 0 aliphatic carbocycles. The van der Waals surface area contributed by atoms with Crippen LogP contribution >= 0.6 is 11.6 Å². The molecule has 0 amide bonds. The van der Waals surface area contributed by atoms with Crippen molar-refractivity contribution in [3.8, 4) is 0 Å². The van der Waals surface area contributed by atoms with Crippen LogP contribution < -0.4 is 0 Å². The van der Waals surface area contributed by atoms with Gasteiger partial charge in [-0.05, 0) is 18.1 Å². The van der Waals surface area contributed by atoms with E-state index < -0.39 is 29.2 Å². The summed E-state index contributed by atoms with van der Waals surface area (Å²) in [6.45, 7) is 3.17. The minimum Gasteiger partial charge on any atom is -0.456 e. The number of esters is 1. The Balaban J connectivity index is 1.99. The molecule has 0 fully saturated rings. The van der Waals surface area contributed by atoms with E-state index in [1.165, 1.54) is 18.2 Å². The normalized spacial score (nSPS) is 11.8. The van der Waals surface area contributed by atoms with Crippen molar-refractivity contribution in [1.29, 1.82) is 0 Å². The number of alkyl halides is 3. The number of halogens is 4. The number of ether oxygens (including phenoxy) is 1. The summed E-state index contributed by atoms with van der Waals surface area (Å²) >= 11 is 6.01. The van der Waals surface area contributed by atoms with E-state index in [1.807, 2.05) is 0 Å². The van der Waals surface area contributed by atoms with Gasteiger partial charge in [-0.2, -0.15) is 13.2 Å². The van der Waals surface area contributed by atoms with Gasteiger partial charge in [0.1, 0.15) is 6.61 Å². The highest BCUT2D eigenvalue weighted by Crippen LogP contribution is 2.34. The van der Waals surface area contributed by atoms with Crippen LogP contribution in [0.25, 0.3) is 5.65 Å². The quantitative estimate of drug-likeness (QED) is 0.301. The lowest BCUT2D eigenvalue weighted by atomic mass is 10.1. The lowest BCUT2D eigenvalue weighted by Crippen LogP contribution is -2.11. The summed E-state index contributed by atoms with van der Waals surface area (Å²) in [6.07, 6.45) is -3.78. The molecule has 0 aliphatic heterocycles. The van der Waals surface area contributed by atoms with Crippen LogP contribution in [0.3, 0.4) is 0 Å². The summed E-state index contributed by atoms with van der Waals surface area (Å²) in [6, 6.07) is 5.73. The topological polar surface area (TPSA) is 86.7 Å². The van der Waals surface area contributed by atoms with E-state index in [4.69, 9.17) is 16.3 Å². The van der Waals surface area contributed by atoms with Crippen LogP contribution in [-0.4, -0.2) is 20.3 Å². The molecule has 0 spiro atoms. The lowest BCUT2D eigenvalue weighted by molar-refractivity contribution is -0.384. The standard InChI is InChI=1S/C19H15ClF3N3O4/c1-10(2)16-15(9-30-18(27)11-4-3-5-13(6-11)26(28)29)25-8-12(19(21,22)23)7-14(20)17(25)24-16/h3-8,10H,9H2,1-2H3. The second-order valence-electron chi connectivity index (χ2n) is 6.75. The van der Waals surface area contributed by atoms with Gasteiger partial charge in [-0.15, -0.1) is 0 Å². The first-order chi connectivity index (χ1) is 14.0. The third-order valence-electron chi connectivity index (χ3n) is 4.31. The number of carbonyl (C=O) groups is 1. The lowest BCUT2D eigenvalue weighted by Gasteiger charge is -2.11. The zero-order chi connectivity index (χ0) is 22.2. The average molecular weight is 442 g/mol. The highest BCUT2D eigenvalue weighted by Gasteiger charge is 2.32. The Morgan fingerprint density at radius 1 is 1.33 bits per heavy atom. The average Bonchev–Trinajstić information content (AvgIpc) is 3.05. The fourth-order valence-corrected chi connectivity index (χ4v) is 3.14. The molecule has 1 aromatic carbocycles. The number of rotatable bonds is 5. The van der Waals surface area contributed by atoms with Crippen molar-refractivity contribution in [3.05, 3.63) is 74.2 Å². The number of nitro groups is 1. The molecular formula is C19H15ClF3N3O4. The highest BCUT2D eigenvalue weighted by molar-refractivity contribution is 6.33. The molecular weight excluding hydrogens is 427 g/mol. The number of carbonyl (C=O) groups excluding carboxylic acids is 1. The zero-order valence-electron chi connectivity index (χ0n) is 15.7. The first-order valence-electron chi connectivity index (χ1n) is 8.68.